The van der Waals surface area contributed by atoms with Crippen molar-refractivity contribution >= 4 is 66.0 Å². The van der Waals surface area contributed by atoms with Crippen LogP contribution in [0, 0.1) is 0 Å². The molecule has 0 saturated carbocycles. The number of fused-ring (bicyclic) bond motifs is 11. The molecule has 8 rings (SSSR count). The Kier molecular flexibility index (Phi) is 4.47. The molecule has 0 amide bonds. The van der Waals surface area contributed by atoms with Crippen LogP contribution in [0.4, 0.5) is 0 Å². The van der Waals surface area contributed by atoms with Gasteiger partial charge in [0, 0.05) is 30.8 Å². The molecule has 4 heteroatoms. The molecule has 5 aromatic carbocycles. The van der Waals surface area contributed by atoms with E-state index in [2.05, 4.69) is 117 Å². The van der Waals surface area contributed by atoms with E-state index in [1.807, 2.05) is 24.3 Å². The number of ether oxygens (including phenoxy) is 1. The van der Waals surface area contributed by atoms with Crippen molar-refractivity contribution in [3.63, 3.8) is 0 Å². The summed E-state index contributed by atoms with van der Waals surface area (Å²) in [6.45, 7) is 0. The van der Waals surface area contributed by atoms with E-state index in [0.29, 0.717) is 0 Å². The van der Waals surface area contributed by atoms with E-state index < -0.39 is 5.41 Å². The van der Waals surface area contributed by atoms with Crippen molar-refractivity contribution in [2.45, 2.75) is 5.41 Å². The van der Waals surface area contributed by atoms with Crippen LogP contribution in [0.2, 0.25) is 0 Å². The van der Waals surface area contributed by atoms with Crippen LogP contribution in [0.3, 0.4) is 0 Å². The molecule has 0 unspecified atom stereocenters. The molecular formula is C33H18Br2O2. The fourth-order valence-corrected chi connectivity index (χ4v) is 6.88. The molecule has 1 spiro atoms. The molecule has 2 heterocycles. The fraction of sp³-hybridized carbons (Fsp3) is 0.0303. The first-order valence-corrected chi connectivity index (χ1v) is 13.7. The Hall–Kier alpha value is -3.60. The summed E-state index contributed by atoms with van der Waals surface area (Å²) in [7, 11) is 0. The van der Waals surface area contributed by atoms with Crippen molar-refractivity contribution in [3.05, 3.63) is 139 Å². The summed E-state index contributed by atoms with van der Waals surface area (Å²) in [6.07, 6.45) is 4.45. The second-order valence-electron chi connectivity index (χ2n) is 9.59. The normalized spacial score (nSPS) is 14.5. The standard InChI is InChI=1S/C33H18Br2O2/c34-21-13-11-19-9-10-20-12-14-22(35)16-27(20)33(26(19)15-21)25-6-2-4-8-30(25)37-32-17-24-23-5-1-3-7-29(23)36-31(24)18-28(32)33/h1-18H. The average Bonchev–Trinajstić information content (AvgIpc) is 3.21. The maximum Gasteiger partial charge on any atom is 0.136 e. The van der Waals surface area contributed by atoms with Crippen molar-refractivity contribution in [3.8, 4) is 11.5 Å². The van der Waals surface area contributed by atoms with Gasteiger partial charge in [0.25, 0.3) is 0 Å². The highest BCUT2D eigenvalue weighted by Gasteiger charge is 2.48. The van der Waals surface area contributed by atoms with E-state index in [4.69, 9.17) is 9.15 Å². The lowest BCUT2D eigenvalue weighted by Crippen LogP contribution is -2.35. The van der Waals surface area contributed by atoms with E-state index >= 15 is 0 Å². The topological polar surface area (TPSA) is 22.4 Å². The summed E-state index contributed by atoms with van der Waals surface area (Å²) in [5.74, 6) is 1.71. The molecule has 2 nitrogen and oxygen atoms in total. The molecule has 6 aromatic rings. The van der Waals surface area contributed by atoms with Crippen LogP contribution in [-0.4, -0.2) is 0 Å². The van der Waals surface area contributed by atoms with Crippen LogP contribution in [0.15, 0.2) is 110 Å². The predicted octanol–water partition coefficient (Wildman–Crippen LogP) is 10.1. The largest absolute Gasteiger partial charge is 0.457 e. The highest BCUT2D eigenvalue weighted by molar-refractivity contribution is 9.10. The molecule has 0 saturated heterocycles. The van der Waals surface area contributed by atoms with E-state index in [0.717, 1.165) is 53.5 Å². The van der Waals surface area contributed by atoms with Crippen LogP contribution in [0.25, 0.3) is 34.1 Å². The van der Waals surface area contributed by atoms with Crippen LogP contribution < -0.4 is 4.74 Å². The zero-order chi connectivity index (χ0) is 24.7. The molecule has 0 radical (unpaired) electrons. The van der Waals surface area contributed by atoms with Gasteiger partial charge < -0.3 is 9.15 Å². The number of rotatable bonds is 0. The lowest BCUT2D eigenvalue weighted by Gasteiger charge is -2.42. The number of furan rings is 1. The van der Waals surface area contributed by atoms with E-state index in [1.165, 1.54) is 22.3 Å². The van der Waals surface area contributed by atoms with Gasteiger partial charge in [-0.1, -0.05) is 92.5 Å². The minimum Gasteiger partial charge on any atom is -0.457 e. The first kappa shape index (κ1) is 21.5. The van der Waals surface area contributed by atoms with Gasteiger partial charge in [-0.05, 0) is 70.8 Å². The predicted molar refractivity (Wildman–Crippen MR) is 156 cm³/mol. The number of para-hydroxylation sites is 2. The molecule has 0 fully saturated rings. The minimum atomic E-state index is -0.626. The van der Waals surface area contributed by atoms with Crippen molar-refractivity contribution in [2.24, 2.45) is 0 Å². The van der Waals surface area contributed by atoms with Crippen LogP contribution in [0.1, 0.15) is 33.4 Å². The molecule has 1 aromatic heterocycles. The van der Waals surface area contributed by atoms with Crippen molar-refractivity contribution in [1.29, 1.82) is 0 Å². The Morgan fingerprint density at radius 1 is 0.514 bits per heavy atom. The third-order valence-corrected chi connectivity index (χ3v) is 8.66. The quantitative estimate of drug-likeness (QED) is 0.172. The van der Waals surface area contributed by atoms with Crippen molar-refractivity contribution in [2.75, 3.05) is 0 Å². The van der Waals surface area contributed by atoms with Gasteiger partial charge >= 0.3 is 0 Å². The Morgan fingerprint density at radius 2 is 1.19 bits per heavy atom. The maximum atomic E-state index is 6.68. The number of halogens is 2. The van der Waals surface area contributed by atoms with Gasteiger partial charge in [-0.25, -0.2) is 0 Å². The smallest absolute Gasteiger partial charge is 0.136 e. The molecule has 0 bridgehead atoms. The monoisotopic (exact) mass is 604 g/mol. The lowest BCUT2D eigenvalue weighted by molar-refractivity contribution is 0.435. The van der Waals surface area contributed by atoms with Crippen molar-refractivity contribution < 1.29 is 9.15 Å². The van der Waals surface area contributed by atoms with Crippen LogP contribution in [0.5, 0.6) is 11.5 Å². The number of hydrogen-bond donors (Lipinski definition) is 0. The highest BCUT2D eigenvalue weighted by Crippen LogP contribution is 2.59. The van der Waals surface area contributed by atoms with Gasteiger partial charge in [0.1, 0.15) is 22.7 Å². The third-order valence-electron chi connectivity index (χ3n) is 7.68. The maximum absolute atomic E-state index is 6.68. The van der Waals surface area contributed by atoms with Crippen LogP contribution in [-0.2, 0) is 5.41 Å². The first-order chi connectivity index (χ1) is 18.1. The Bertz CT molecular complexity index is 1890. The van der Waals surface area contributed by atoms with Gasteiger partial charge in [-0.2, -0.15) is 0 Å². The van der Waals surface area contributed by atoms with Gasteiger partial charge in [0.2, 0.25) is 0 Å². The Balaban J connectivity index is 1.61. The average molecular weight is 606 g/mol. The molecule has 176 valence electrons. The van der Waals surface area contributed by atoms with Gasteiger partial charge in [0.15, 0.2) is 0 Å². The van der Waals surface area contributed by atoms with Crippen molar-refractivity contribution in [1.82, 2.24) is 0 Å². The summed E-state index contributed by atoms with van der Waals surface area (Å²) >= 11 is 7.56. The van der Waals surface area contributed by atoms with E-state index in [9.17, 15) is 0 Å². The van der Waals surface area contributed by atoms with E-state index in [-0.39, 0.29) is 0 Å². The zero-order valence-electron chi connectivity index (χ0n) is 19.5. The molecule has 37 heavy (non-hydrogen) atoms. The summed E-state index contributed by atoms with van der Waals surface area (Å²) in [5.41, 5.74) is 8.02. The summed E-state index contributed by atoms with van der Waals surface area (Å²) in [5, 5.41) is 2.14. The summed E-state index contributed by atoms with van der Waals surface area (Å²) in [4.78, 5) is 0. The molecule has 0 N–H and O–H groups in total. The number of benzene rings is 5. The van der Waals surface area contributed by atoms with Crippen LogP contribution >= 0.6 is 31.9 Å². The second-order valence-corrected chi connectivity index (χ2v) is 11.4. The molecular weight excluding hydrogens is 588 g/mol. The molecule has 1 aliphatic carbocycles. The fourth-order valence-electron chi connectivity index (χ4n) is 6.16. The molecule has 0 atom stereocenters. The van der Waals surface area contributed by atoms with E-state index in [1.54, 1.807) is 0 Å². The first-order valence-electron chi connectivity index (χ1n) is 12.1. The molecule has 1 aliphatic heterocycles. The molecule has 2 aliphatic rings. The Morgan fingerprint density at radius 3 is 1.95 bits per heavy atom. The third kappa shape index (κ3) is 2.91. The van der Waals surface area contributed by atoms with Gasteiger partial charge in [-0.15, -0.1) is 0 Å². The summed E-state index contributed by atoms with van der Waals surface area (Å²) in [6, 6.07) is 34.1. The number of hydrogen-bond acceptors (Lipinski definition) is 2. The SMILES string of the molecule is Brc1ccc2c(c1)C1(c3cc(Br)ccc3C=C2)c2ccccc2Oc2cc3c(cc21)oc1ccccc13. The zero-order valence-corrected chi connectivity index (χ0v) is 22.6. The van der Waals surface area contributed by atoms with Gasteiger partial charge in [0.05, 0.1) is 5.41 Å². The second kappa shape index (κ2) is 7.70. The lowest BCUT2D eigenvalue weighted by atomic mass is 9.62. The minimum absolute atomic E-state index is 0.626. The Labute approximate surface area is 230 Å². The van der Waals surface area contributed by atoms with Gasteiger partial charge in [-0.3, -0.25) is 0 Å². The highest BCUT2D eigenvalue weighted by atomic mass is 79.9. The summed E-state index contributed by atoms with van der Waals surface area (Å²) < 4.78 is 15.2.